The molecule has 0 saturated heterocycles. The summed E-state index contributed by atoms with van der Waals surface area (Å²) in [4.78, 5) is 10.7. The van der Waals surface area contributed by atoms with Gasteiger partial charge in [-0.15, -0.1) is 11.6 Å². The molecule has 0 aliphatic rings. The molecule has 1 amide bonds. The molecule has 1 aromatic rings. The van der Waals surface area contributed by atoms with Crippen molar-refractivity contribution >= 4 is 17.5 Å². The summed E-state index contributed by atoms with van der Waals surface area (Å²) in [5, 5.41) is 6.42. The molecule has 0 aliphatic carbocycles. The first kappa shape index (κ1) is 10.1. The number of hydrogen-bond acceptors (Lipinski definition) is 3. The first-order valence-corrected chi connectivity index (χ1v) is 4.50. The maximum atomic E-state index is 10.7. The van der Waals surface area contributed by atoms with E-state index in [0.29, 0.717) is 13.0 Å². The Kier molecular flexibility index (Phi) is 3.76. The highest BCUT2D eigenvalue weighted by atomic mass is 35.5. The highest BCUT2D eigenvalue weighted by Gasteiger charge is 2.01. The van der Waals surface area contributed by atoms with E-state index in [2.05, 4.69) is 10.5 Å². The van der Waals surface area contributed by atoms with Gasteiger partial charge in [0.25, 0.3) is 0 Å². The predicted octanol–water partition coefficient (Wildman–Crippen LogP) is 0.881. The van der Waals surface area contributed by atoms with Crippen molar-refractivity contribution in [3.63, 3.8) is 0 Å². The van der Waals surface area contributed by atoms with E-state index < -0.39 is 0 Å². The molecule has 0 bridgehead atoms. The molecule has 0 aromatic carbocycles. The molecule has 0 spiro atoms. The fraction of sp³-hybridized carbons (Fsp3) is 0.500. The van der Waals surface area contributed by atoms with Crippen LogP contribution >= 0.6 is 11.6 Å². The van der Waals surface area contributed by atoms with Crippen LogP contribution in [0.25, 0.3) is 0 Å². The second-order valence-electron chi connectivity index (χ2n) is 2.66. The number of nitrogens with one attached hydrogen (secondary N) is 1. The van der Waals surface area contributed by atoms with Crippen LogP contribution in [0, 0.1) is 6.92 Å². The quantitative estimate of drug-likeness (QED) is 0.738. The Hall–Kier alpha value is -1.03. The molecule has 0 radical (unpaired) electrons. The van der Waals surface area contributed by atoms with Crippen molar-refractivity contribution in [3.8, 4) is 0 Å². The van der Waals surface area contributed by atoms with Gasteiger partial charge in [0.1, 0.15) is 11.6 Å². The largest absolute Gasteiger partial charge is 0.361 e. The van der Waals surface area contributed by atoms with E-state index >= 15 is 0 Å². The molecule has 5 heteroatoms. The summed E-state index contributed by atoms with van der Waals surface area (Å²) >= 11 is 5.29. The molecule has 1 aromatic heterocycles. The number of nitrogens with zero attached hydrogens (tertiary/aromatic N) is 1. The Bertz CT molecular complexity index is 285. The Balaban J connectivity index is 2.24. The van der Waals surface area contributed by atoms with Gasteiger partial charge in [0, 0.05) is 19.0 Å². The normalized spacial score (nSPS) is 10.0. The molecule has 0 aliphatic heterocycles. The van der Waals surface area contributed by atoms with Crippen molar-refractivity contribution in [2.45, 2.75) is 13.3 Å². The van der Waals surface area contributed by atoms with E-state index in [0.717, 1.165) is 11.5 Å². The molecule has 1 heterocycles. The number of rotatable bonds is 4. The molecule has 1 N–H and O–H groups in total. The van der Waals surface area contributed by atoms with Crippen molar-refractivity contribution in [1.82, 2.24) is 10.5 Å². The number of carbonyl (C=O) groups is 1. The average Bonchev–Trinajstić information content (AvgIpc) is 2.51. The zero-order valence-corrected chi connectivity index (χ0v) is 8.10. The van der Waals surface area contributed by atoms with Crippen molar-refractivity contribution in [1.29, 1.82) is 0 Å². The van der Waals surface area contributed by atoms with Crippen LogP contribution in [0.4, 0.5) is 0 Å². The highest BCUT2D eigenvalue weighted by Crippen LogP contribution is 2.01. The smallest absolute Gasteiger partial charge is 0.234 e. The fourth-order valence-electron chi connectivity index (χ4n) is 0.913. The molecule has 13 heavy (non-hydrogen) atoms. The van der Waals surface area contributed by atoms with E-state index in [1.165, 1.54) is 0 Å². The van der Waals surface area contributed by atoms with Crippen molar-refractivity contribution < 1.29 is 9.32 Å². The minimum atomic E-state index is -0.165. The Labute approximate surface area is 81.2 Å². The van der Waals surface area contributed by atoms with Gasteiger partial charge < -0.3 is 9.84 Å². The highest BCUT2D eigenvalue weighted by molar-refractivity contribution is 6.27. The molecule has 72 valence electrons. The minimum absolute atomic E-state index is 0.00214. The van der Waals surface area contributed by atoms with Crippen LogP contribution in [0.15, 0.2) is 10.6 Å². The second kappa shape index (κ2) is 4.87. The number of alkyl halides is 1. The topological polar surface area (TPSA) is 55.1 Å². The Morgan fingerprint density at radius 1 is 1.77 bits per heavy atom. The summed E-state index contributed by atoms with van der Waals surface area (Å²) in [5.41, 5.74) is 0.840. The number of halogens is 1. The molecule has 0 atom stereocenters. The second-order valence-corrected chi connectivity index (χ2v) is 2.93. The zero-order valence-electron chi connectivity index (χ0n) is 7.34. The van der Waals surface area contributed by atoms with Gasteiger partial charge in [-0.1, -0.05) is 5.16 Å². The van der Waals surface area contributed by atoms with Crippen LogP contribution in [-0.4, -0.2) is 23.5 Å². The summed E-state index contributed by atoms with van der Waals surface area (Å²) in [6.45, 7) is 2.37. The first-order chi connectivity index (χ1) is 6.22. The van der Waals surface area contributed by atoms with E-state index in [1.807, 2.05) is 13.0 Å². The standard InChI is InChI=1S/C8H11ClN2O2/c1-6-4-7(11-13-6)2-3-10-8(12)5-9/h4H,2-3,5H2,1H3,(H,10,12). The lowest BCUT2D eigenvalue weighted by Gasteiger charge is -1.98. The van der Waals surface area contributed by atoms with Crippen LogP contribution in [0.3, 0.4) is 0 Å². The number of hydrogen-bond donors (Lipinski definition) is 1. The number of aryl methyl sites for hydroxylation is 1. The fourth-order valence-corrected chi connectivity index (χ4v) is 1.01. The predicted molar refractivity (Wildman–Crippen MR) is 48.7 cm³/mol. The van der Waals surface area contributed by atoms with Crippen LogP contribution in [0.5, 0.6) is 0 Å². The Morgan fingerprint density at radius 2 is 2.54 bits per heavy atom. The maximum Gasteiger partial charge on any atom is 0.234 e. The van der Waals surface area contributed by atoms with E-state index in [4.69, 9.17) is 16.1 Å². The van der Waals surface area contributed by atoms with Crippen LogP contribution < -0.4 is 5.32 Å². The van der Waals surface area contributed by atoms with E-state index in [-0.39, 0.29) is 11.8 Å². The molecule has 0 unspecified atom stereocenters. The van der Waals surface area contributed by atoms with Gasteiger partial charge >= 0.3 is 0 Å². The number of amides is 1. The molecule has 0 saturated carbocycles. The van der Waals surface area contributed by atoms with Crippen molar-refractivity contribution in [3.05, 3.63) is 17.5 Å². The Morgan fingerprint density at radius 3 is 3.08 bits per heavy atom. The lowest BCUT2D eigenvalue weighted by Crippen LogP contribution is -2.26. The minimum Gasteiger partial charge on any atom is -0.361 e. The third-order valence-electron chi connectivity index (χ3n) is 1.50. The van der Waals surface area contributed by atoms with Crippen molar-refractivity contribution in [2.24, 2.45) is 0 Å². The number of carbonyl (C=O) groups excluding carboxylic acids is 1. The van der Waals surface area contributed by atoms with Crippen LogP contribution in [-0.2, 0) is 11.2 Å². The summed E-state index contributed by atoms with van der Waals surface area (Å²) in [5.74, 6) is 0.609. The third-order valence-corrected chi connectivity index (χ3v) is 1.74. The summed E-state index contributed by atoms with van der Waals surface area (Å²) in [6, 6.07) is 1.84. The van der Waals surface area contributed by atoms with Gasteiger partial charge in [-0.25, -0.2) is 0 Å². The van der Waals surface area contributed by atoms with Crippen molar-refractivity contribution in [2.75, 3.05) is 12.4 Å². The molecular formula is C8H11ClN2O2. The van der Waals surface area contributed by atoms with Gasteiger partial charge in [0.05, 0.1) is 5.69 Å². The number of aromatic nitrogens is 1. The SMILES string of the molecule is Cc1cc(CCNC(=O)CCl)no1. The van der Waals surface area contributed by atoms with Crippen LogP contribution in [0.1, 0.15) is 11.5 Å². The third kappa shape index (κ3) is 3.46. The van der Waals surface area contributed by atoms with Gasteiger partial charge in [0.15, 0.2) is 0 Å². The summed E-state index contributed by atoms with van der Waals surface area (Å²) < 4.78 is 4.86. The lowest BCUT2D eigenvalue weighted by molar-refractivity contribution is -0.118. The maximum absolute atomic E-state index is 10.7. The monoisotopic (exact) mass is 202 g/mol. The summed E-state index contributed by atoms with van der Waals surface area (Å²) in [7, 11) is 0. The van der Waals surface area contributed by atoms with Gasteiger partial charge in [0.2, 0.25) is 5.91 Å². The van der Waals surface area contributed by atoms with E-state index in [9.17, 15) is 4.79 Å². The molecular weight excluding hydrogens is 192 g/mol. The molecule has 1 rings (SSSR count). The first-order valence-electron chi connectivity index (χ1n) is 3.97. The van der Waals surface area contributed by atoms with Gasteiger partial charge in [-0.3, -0.25) is 4.79 Å². The van der Waals surface area contributed by atoms with Gasteiger partial charge in [-0.05, 0) is 6.92 Å². The van der Waals surface area contributed by atoms with E-state index in [1.54, 1.807) is 0 Å². The molecule has 0 fully saturated rings. The molecule has 4 nitrogen and oxygen atoms in total. The van der Waals surface area contributed by atoms with Crippen LogP contribution in [0.2, 0.25) is 0 Å². The zero-order chi connectivity index (χ0) is 9.68. The summed E-state index contributed by atoms with van der Waals surface area (Å²) in [6.07, 6.45) is 0.667. The van der Waals surface area contributed by atoms with Gasteiger partial charge in [-0.2, -0.15) is 0 Å². The lowest BCUT2D eigenvalue weighted by atomic mass is 10.3. The average molecular weight is 203 g/mol.